The van der Waals surface area contributed by atoms with Gasteiger partial charge in [0.05, 0.1) is 5.56 Å². The van der Waals surface area contributed by atoms with Crippen LogP contribution < -0.4 is 5.32 Å². The van der Waals surface area contributed by atoms with Gasteiger partial charge in [-0.2, -0.15) is 0 Å². The van der Waals surface area contributed by atoms with Gasteiger partial charge in [0.2, 0.25) is 0 Å². The number of aromatic amines is 1. The van der Waals surface area contributed by atoms with Gasteiger partial charge in [-0.25, -0.2) is 0 Å². The third-order valence-corrected chi connectivity index (χ3v) is 4.61. The van der Waals surface area contributed by atoms with Gasteiger partial charge in [0.25, 0.3) is 5.91 Å². The van der Waals surface area contributed by atoms with E-state index in [2.05, 4.69) is 10.3 Å². The normalized spacial score (nSPS) is 14.2. The summed E-state index contributed by atoms with van der Waals surface area (Å²) in [5, 5.41) is 3.89. The van der Waals surface area contributed by atoms with Gasteiger partial charge in [0.1, 0.15) is 0 Å². The number of hydrogen-bond acceptors (Lipinski definition) is 2. The van der Waals surface area contributed by atoms with Gasteiger partial charge in [-0.3, -0.25) is 9.00 Å². The molecule has 0 fully saturated rings. The Hall–Kier alpha value is -1.62. The zero-order valence-corrected chi connectivity index (χ0v) is 11.9. The molecular formula is C14H18N2O2S. The van der Waals surface area contributed by atoms with Crippen LogP contribution in [0.4, 0.5) is 0 Å². The Bertz CT molecular complexity index is 606. The molecule has 0 radical (unpaired) electrons. The van der Waals surface area contributed by atoms with Crippen LogP contribution in [0.3, 0.4) is 0 Å². The highest BCUT2D eigenvalue weighted by Gasteiger charge is 2.12. The first-order valence-corrected chi connectivity index (χ1v) is 7.88. The summed E-state index contributed by atoms with van der Waals surface area (Å²) in [5.41, 5.74) is 1.61. The molecule has 2 atom stereocenters. The van der Waals surface area contributed by atoms with E-state index in [-0.39, 0.29) is 11.2 Å². The molecule has 2 unspecified atom stereocenters. The Morgan fingerprint density at radius 1 is 1.42 bits per heavy atom. The second-order valence-corrected chi connectivity index (χ2v) is 6.40. The van der Waals surface area contributed by atoms with Crippen molar-refractivity contribution >= 4 is 27.6 Å². The van der Waals surface area contributed by atoms with Crippen LogP contribution >= 0.6 is 0 Å². The number of para-hydroxylation sites is 1. The average molecular weight is 278 g/mol. The first-order chi connectivity index (χ1) is 9.09. The molecule has 0 aliphatic rings. The fraction of sp³-hybridized carbons (Fsp3) is 0.357. The minimum atomic E-state index is -0.841. The van der Waals surface area contributed by atoms with E-state index in [1.165, 1.54) is 0 Å². The molecule has 0 bridgehead atoms. The predicted octanol–water partition coefficient (Wildman–Crippen LogP) is 2.05. The number of hydrogen-bond donors (Lipinski definition) is 2. The first-order valence-electron chi connectivity index (χ1n) is 6.26. The summed E-state index contributed by atoms with van der Waals surface area (Å²) < 4.78 is 11.2. The number of amides is 1. The summed E-state index contributed by atoms with van der Waals surface area (Å²) in [6, 6.07) is 7.70. The lowest BCUT2D eigenvalue weighted by Gasteiger charge is -2.08. The second kappa shape index (κ2) is 6.02. The fourth-order valence-electron chi connectivity index (χ4n) is 1.91. The second-order valence-electron chi connectivity index (χ2n) is 4.60. The van der Waals surface area contributed by atoms with Gasteiger partial charge in [-0.15, -0.1) is 0 Å². The van der Waals surface area contributed by atoms with E-state index in [9.17, 15) is 9.00 Å². The van der Waals surface area contributed by atoms with Crippen LogP contribution in [-0.2, 0) is 10.8 Å². The summed E-state index contributed by atoms with van der Waals surface area (Å²) in [6.45, 7) is 2.47. The molecule has 0 saturated carbocycles. The quantitative estimate of drug-likeness (QED) is 0.879. The van der Waals surface area contributed by atoms with Gasteiger partial charge < -0.3 is 10.3 Å². The molecule has 1 amide bonds. The molecule has 5 heteroatoms. The first kappa shape index (κ1) is 13.8. The molecule has 0 aliphatic heterocycles. The molecule has 1 aromatic carbocycles. The van der Waals surface area contributed by atoms with E-state index in [1.54, 1.807) is 12.5 Å². The molecule has 1 aromatic heterocycles. The largest absolute Gasteiger partial charge is 0.360 e. The molecule has 102 valence electrons. The van der Waals surface area contributed by atoms with Gasteiger partial charge in [-0.1, -0.05) is 25.1 Å². The number of nitrogens with one attached hydrogen (secondary N) is 2. The molecule has 0 aliphatic carbocycles. The van der Waals surface area contributed by atoms with Crippen molar-refractivity contribution in [2.75, 3.05) is 12.8 Å². The van der Waals surface area contributed by atoms with Crippen LogP contribution in [0.1, 0.15) is 23.7 Å². The minimum Gasteiger partial charge on any atom is -0.360 e. The van der Waals surface area contributed by atoms with Crippen molar-refractivity contribution in [1.29, 1.82) is 0 Å². The number of carbonyl (C=O) groups is 1. The Labute approximate surface area is 115 Å². The summed E-state index contributed by atoms with van der Waals surface area (Å²) in [5.74, 6) is -0.0912. The molecule has 2 N–H and O–H groups in total. The SMILES string of the molecule is CC(CCNC(=O)c1c[nH]c2ccccc12)S(C)=O. The van der Waals surface area contributed by atoms with Crippen molar-refractivity contribution in [2.45, 2.75) is 18.6 Å². The summed E-state index contributed by atoms with van der Waals surface area (Å²) >= 11 is 0. The molecule has 19 heavy (non-hydrogen) atoms. The Balaban J connectivity index is 1.99. The zero-order valence-electron chi connectivity index (χ0n) is 11.1. The predicted molar refractivity (Wildman–Crippen MR) is 78.8 cm³/mol. The number of benzene rings is 1. The highest BCUT2D eigenvalue weighted by Crippen LogP contribution is 2.17. The third kappa shape index (κ3) is 3.23. The standard InChI is InChI=1S/C14H18N2O2S/c1-10(19(2)18)7-8-15-14(17)12-9-16-13-6-4-3-5-11(12)13/h3-6,9-10,16H,7-8H2,1-2H3,(H,15,17). The number of H-pyrrole nitrogens is 1. The van der Waals surface area contributed by atoms with E-state index in [0.717, 1.165) is 17.3 Å². The van der Waals surface area contributed by atoms with E-state index in [4.69, 9.17) is 0 Å². The Kier molecular flexibility index (Phi) is 4.37. The number of rotatable bonds is 5. The number of aromatic nitrogens is 1. The Morgan fingerprint density at radius 2 is 2.16 bits per heavy atom. The molecule has 0 spiro atoms. The van der Waals surface area contributed by atoms with Crippen LogP contribution in [0.5, 0.6) is 0 Å². The third-order valence-electron chi connectivity index (χ3n) is 3.24. The lowest BCUT2D eigenvalue weighted by Crippen LogP contribution is -2.27. The monoisotopic (exact) mass is 278 g/mol. The summed E-state index contributed by atoms with van der Waals surface area (Å²) in [7, 11) is -0.841. The van der Waals surface area contributed by atoms with Crippen molar-refractivity contribution in [3.63, 3.8) is 0 Å². The lowest BCUT2D eigenvalue weighted by molar-refractivity contribution is 0.0955. The topological polar surface area (TPSA) is 62.0 Å². The Morgan fingerprint density at radius 3 is 2.89 bits per heavy atom. The van der Waals surface area contributed by atoms with E-state index in [1.807, 2.05) is 31.2 Å². The van der Waals surface area contributed by atoms with Crippen LogP contribution in [0.15, 0.2) is 30.5 Å². The maximum Gasteiger partial charge on any atom is 0.253 e. The molecule has 0 saturated heterocycles. The van der Waals surface area contributed by atoms with Crippen LogP contribution in [0.25, 0.3) is 10.9 Å². The average Bonchev–Trinajstić information content (AvgIpc) is 2.82. The van der Waals surface area contributed by atoms with Crippen molar-refractivity contribution in [2.24, 2.45) is 0 Å². The van der Waals surface area contributed by atoms with Gasteiger partial charge in [-0.05, 0) is 12.5 Å². The zero-order chi connectivity index (χ0) is 13.8. The lowest BCUT2D eigenvalue weighted by atomic mass is 10.1. The number of carbonyl (C=O) groups excluding carboxylic acids is 1. The molecular weight excluding hydrogens is 260 g/mol. The van der Waals surface area contributed by atoms with E-state index in [0.29, 0.717) is 12.1 Å². The van der Waals surface area contributed by atoms with Gasteiger partial charge in [0, 0.05) is 45.9 Å². The van der Waals surface area contributed by atoms with Crippen LogP contribution in [-0.4, -0.2) is 33.2 Å². The molecule has 2 rings (SSSR count). The van der Waals surface area contributed by atoms with E-state index >= 15 is 0 Å². The van der Waals surface area contributed by atoms with Crippen LogP contribution in [0, 0.1) is 0 Å². The van der Waals surface area contributed by atoms with Crippen molar-refractivity contribution in [1.82, 2.24) is 10.3 Å². The summed E-state index contributed by atoms with van der Waals surface area (Å²) in [6.07, 6.45) is 4.13. The fourth-order valence-corrected chi connectivity index (χ4v) is 2.36. The maximum absolute atomic E-state index is 12.1. The highest BCUT2D eigenvalue weighted by molar-refractivity contribution is 7.84. The van der Waals surface area contributed by atoms with Crippen molar-refractivity contribution in [3.8, 4) is 0 Å². The van der Waals surface area contributed by atoms with Gasteiger partial charge >= 0.3 is 0 Å². The van der Waals surface area contributed by atoms with E-state index < -0.39 is 10.8 Å². The maximum atomic E-state index is 12.1. The van der Waals surface area contributed by atoms with Crippen molar-refractivity contribution < 1.29 is 9.00 Å². The van der Waals surface area contributed by atoms with Gasteiger partial charge in [0.15, 0.2) is 0 Å². The van der Waals surface area contributed by atoms with Crippen molar-refractivity contribution in [3.05, 3.63) is 36.0 Å². The minimum absolute atomic E-state index is 0.0912. The highest BCUT2D eigenvalue weighted by atomic mass is 32.2. The molecule has 4 nitrogen and oxygen atoms in total. The smallest absolute Gasteiger partial charge is 0.253 e. The molecule has 1 heterocycles. The summed E-state index contributed by atoms with van der Waals surface area (Å²) in [4.78, 5) is 15.1. The van der Waals surface area contributed by atoms with Crippen LogP contribution in [0.2, 0.25) is 0 Å². The molecule has 2 aromatic rings. The number of fused-ring (bicyclic) bond motifs is 1.